The Bertz CT molecular complexity index is 493. The Labute approximate surface area is 109 Å². The Morgan fingerprint density at radius 2 is 2.00 bits per heavy atom. The van der Waals surface area contributed by atoms with Crippen LogP contribution in [0.1, 0.15) is 36.9 Å². The van der Waals surface area contributed by atoms with Gasteiger partial charge in [0.15, 0.2) is 9.84 Å². The van der Waals surface area contributed by atoms with Gasteiger partial charge in [-0.2, -0.15) is 0 Å². The van der Waals surface area contributed by atoms with Crippen molar-refractivity contribution in [3.63, 3.8) is 0 Å². The molecule has 1 saturated heterocycles. The van der Waals surface area contributed by atoms with Gasteiger partial charge < -0.3 is 5.73 Å². The van der Waals surface area contributed by atoms with Crippen LogP contribution in [0.15, 0.2) is 24.3 Å². The van der Waals surface area contributed by atoms with Crippen LogP contribution in [-0.4, -0.2) is 19.9 Å². The predicted molar refractivity (Wildman–Crippen MR) is 74.1 cm³/mol. The second kappa shape index (κ2) is 5.41. The normalized spacial score (nSPS) is 24.0. The van der Waals surface area contributed by atoms with Gasteiger partial charge in [-0.05, 0) is 36.3 Å². The highest BCUT2D eigenvalue weighted by atomic mass is 32.2. The Kier molecular flexibility index (Phi) is 4.07. The minimum Gasteiger partial charge on any atom is -0.324 e. The van der Waals surface area contributed by atoms with Crippen molar-refractivity contribution >= 4 is 9.84 Å². The van der Waals surface area contributed by atoms with Crippen molar-refractivity contribution in [3.05, 3.63) is 35.4 Å². The monoisotopic (exact) mass is 267 g/mol. The number of hydrogen-bond donors (Lipinski definition) is 1. The molecule has 3 nitrogen and oxygen atoms in total. The highest BCUT2D eigenvalue weighted by Gasteiger charge is 2.29. The van der Waals surface area contributed by atoms with Crippen LogP contribution >= 0.6 is 0 Å². The van der Waals surface area contributed by atoms with E-state index in [0.29, 0.717) is 11.5 Å². The fourth-order valence-electron chi connectivity index (χ4n) is 2.55. The minimum absolute atomic E-state index is 0.0470. The number of nitrogens with two attached hydrogens (primary N) is 1. The molecule has 1 aromatic carbocycles. The summed E-state index contributed by atoms with van der Waals surface area (Å²) in [6.07, 6.45) is 2.56. The number of benzene rings is 1. The van der Waals surface area contributed by atoms with E-state index in [0.717, 1.165) is 24.8 Å². The van der Waals surface area contributed by atoms with E-state index in [2.05, 4.69) is 31.2 Å². The van der Waals surface area contributed by atoms with E-state index in [-0.39, 0.29) is 12.0 Å². The highest BCUT2D eigenvalue weighted by Crippen LogP contribution is 2.27. The molecule has 0 aromatic heterocycles. The van der Waals surface area contributed by atoms with Crippen molar-refractivity contribution in [1.29, 1.82) is 0 Å². The third kappa shape index (κ3) is 3.33. The van der Waals surface area contributed by atoms with Crippen molar-refractivity contribution in [2.24, 2.45) is 11.7 Å². The standard InChI is InChI=1S/C14H21NO2S/c1-2-11-3-5-13(6-4-11)14(15)9-12-7-8-18(16,17)10-12/h3-6,12,14H,2,7-10,15H2,1H3. The maximum atomic E-state index is 11.4. The molecule has 4 heteroatoms. The van der Waals surface area contributed by atoms with Crippen LogP contribution in [-0.2, 0) is 16.3 Å². The van der Waals surface area contributed by atoms with Gasteiger partial charge >= 0.3 is 0 Å². The third-order valence-electron chi connectivity index (χ3n) is 3.73. The lowest BCUT2D eigenvalue weighted by molar-refractivity contribution is 0.481. The molecule has 1 aliphatic rings. The van der Waals surface area contributed by atoms with Gasteiger partial charge in [-0.1, -0.05) is 31.2 Å². The van der Waals surface area contributed by atoms with E-state index in [4.69, 9.17) is 5.73 Å². The van der Waals surface area contributed by atoms with Crippen molar-refractivity contribution in [2.75, 3.05) is 11.5 Å². The molecule has 1 aliphatic heterocycles. The topological polar surface area (TPSA) is 60.2 Å². The maximum absolute atomic E-state index is 11.4. The summed E-state index contributed by atoms with van der Waals surface area (Å²) in [5, 5.41) is 0. The van der Waals surface area contributed by atoms with Crippen molar-refractivity contribution in [3.8, 4) is 0 Å². The summed E-state index contributed by atoms with van der Waals surface area (Å²) in [5.74, 6) is 0.878. The molecule has 0 radical (unpaired) electrons. The van der Waals surface area contributed by atoms with Gasteiger partial charge in [-0.15, -0.1) is 0 Å². The molecule has 0 saturated carbocycles. The molecule has 2 N–H and O–H groups in total. The first-order valence-electron chi connectivity index (χ1n) is 6.55. The largest absolute Gasteiger partial charge is 0.324 e. The summed E-state index contributed by atoms with van der Waals surface area (Å²) in [6.45, 7) is 2.12. The second-order valence-electron chi connectivity index (χ2n) is 5.21. The lowest BCUT2D eigenvalue weighted by Crippen LogP contribution is -2.16. The van der Waals surface area contributed by atoms with Crippen molar-refractivity contribution < 1.29 is 8.42 Å². The Hall–Kier alpha value is -0.870. The van der Waals surface area contributed by atoms with Crippen LogP contribution in [0.25, 0.3) is 0 Å². The molecule has 2 atom stereocenters. The zero-order chi connectivity index (χ0) is 13.2. The predicted octanol–water partition coefficient (Wildman–Crippen LogP) is 2.07. The SMILES string of the molecule is CCc1ccc(C(N)CC2CCS(=O)(=O)C2)cc1. The highest BCUT2D eigenvalue weighted by molar-refractivity contribution is 7.91. The maximum Gasteiger partial charge on any atom is 0.150 e. The first kappa shape index (κ1) is 13.6. The summed E-state index contributed by atoms with van der Waals surface area (Å²) in [5.41, 5.74) is 8.57. The van der Waals surface area contributed by atoms with Gasteiger partial charge in [0.1, 0.15) is 0 Å². The van der Waals surface area contributed by atoms with Gasteiger partial charge in [0, 0.05) is 6.04 Å². The molecule has 1 fully saturated rings. The van der Waals surface area contributed by atoms with Crippen molar-refractivity contribution in [1.82, 2.24) is 0 Å². The van der Waals surface area contributed by atoms with Crippen molar-refractivity contribution in [2.45, 2.75) is 32.2 Å². The Morgan fingerprint density at radius 1 is 1.33 bits per heavy atom. The number of sulfone groups is 1. The summed E-state index contributed by atoms with van der Waals surface area (Å²) >= 11 is 0. The minimum atomic E-state index is -2.79. The molecule has 0 bridgehead atoms. The quantitative estimate of drug-likeness (QED) is 0.908. The molecule has 0 spiro atoms. The molecule has 0 amide bonds. The van der Waals surface area contributed by atoms with Gasteiger partial charge in [0.05, 0.1) is 11.5 Å². The molecule has 18 heavy (non-hydrogen) atoms. The van der Waals surface area contributed by atoms with E-state index < -0.39 is 9.84 Å². The zero-order valence-corrected chi connectivity index (χ0v) is 11.6. The third-order valence-corrected chi connectivity index (χ3v) is 5.57. The smallest absolute Gasteiger partial charge is 0.150 e. The van der Waals surface area contributed by atoms with Gasteiger partial charge in [0.25, 0.3) is 0 Å². The first-order valence-corrected chi connectivity index (χ1v) is 8.37. The summed E-state index contributed by atoms with van der Waals surface area (Å²) in [4.78, 5) is 0. The first-order chi connectivity index (χ1) is 8.50. The lowest BCUT2D eigenvalue weighted by atomic mass is 9.94. The average molecular weight is 267 g/mol. The molecule has 1 heterocycles. The number of rotatable bonds is 4. The fourth-order valence-corrected chi connectivity index (χ4v) is 4.43. The van der Waals surface area contributed by atoms with E-state index in [1.54, 1.807) is 0 Å². The molecular formula is C14H21NO2S. The van der Waals surface area contributed by atoms with E-state index in [1.807, 2.05) is 0 Å². The van der Waals surface area contributed by atoms with Crippen LogP contribution in [0.3, 0.4) is 0 Å². The number of hydrogen-bond acceptors (Lipinski definition) is 3. The Balaban J connectivity index is 1.97. The fraction of sp³-hybridized carbons (Fsp3) is 0.571. The van der Waals surface area contributed by atoms with E-state index >= 15 is 0 Å². The summed E-state index contributed by atoms with van der Waals surface area (Å²) in [6, 6.07) is 8.27. The summed E-state index contributed by atoms with van der Waals surface area (Å²) < 4.78 is 22.8. The van der Waals surface area contributed by atoms with E-state index in [9.17, 15) is 8.42 Å². The van der Waals surface area contributed by atoms with Crippen LogP contribution in [0, 0.1) is 5.92 Å². The van der Waals surface area contributed by atoms with E-state index in [1.165, 1.54) is 5.56 Å². The second-order valence-corrected chi connectivity index (χ2v) is 7.44. The van der Waals surface area contributed by atoms with Crippen LogP contribution in [0.2, 0.25) is 0 Å². The molecule has 1 aromatic rings. The number of aryl methyl sites for hydroxylation is 1. The molecular weight excluding hydrogens is 246 g/mol. The molecule has 2 rings (SSSR count). The summed E-state index contributed by atoms with van der Waals surface area (Å²) in [7, 11) is -2.79. The molecule has 0 aliphatic carbocycles. The Morgan fingerprint density at radius 3 is 2.50 bits per heavy atom. The molecule has 2 unspecified atom stereocenters. The van der Waals surface area contributed by atoms with Gasteiger partial charge in [0.2, 0.25) is 0 Å². The van der Waals surface area contributed by atoms with Gasteiger partial charge in [-0.3, -0.25) is 0 Å². The van der Waals surface area contributed by atoms with Crippen LogP contribution in [0.4, 0.5) is 0 Å². The average Bonchev–Trinajstić information content (AvgIpc) is 2.68. The van der Waals surface area contributed by atoms with Gasteiger partial charge in [-0.25, -0.2) is 8.42 Å². The lowest BCUT2D eigenvalue weighted by Gasteiger charge is -2.16. The van der Waals surface area contributed by atoms with Crippen LogP contribution < -0.4 is 5.73 Å². The van der Waals surface area contributed by atoms with Crippen LogP contribution in [0.5, 0.6) is 0 Å². The molecule has 100 valence electrons. The zero-order valence-electron chi connectivity index (χ0n) is 10.8.